The van der Waals surface area contributed by atoms with Gasteiger partial charge < -0.3 is 4.74 Å². The Hall–Kier alpha value is -0.300. The van der Waals surface area contributed by atoms with Crippen molar-refractivity contribution < 1.29 is 4.74 Å². The highest BCUT2D eigenvalue weighted by molar-refractivity contribution is 5.07. The molecular weight excluding hydrogens is 172 g/mol. The van der Waals surface area contributed by atoms with Gasteiger partial charge in [-0.25, -0.2) is 0 Å². The fourth-order valence-corrected chi connectivity index (χ4v) is 3.38. The Labute approximate surface area is 87.5 Å². The van der Waals surface area contributed by atoms with Gasteiger partial charge in [0.1, 0.15) is 0 Å². The molecule has 1 heteroatoms. The minimum absolute atomic E-state index is 0.173. The van der Waals surface area contributed by atoms with E-state index >= 15 is 0 Å². The van der Waals surface area contributed by atoms with Crippen LogP contribution in [-0.2, 0) is 4.74 Å². The zero-order chi connectivity index (χ0) is 10.2. The summed E-state index contributed by atoms with van der Waals surface area (Å²) in [7, 11) is 0. The Kier molecular flexibility index (Phi) is 2.70. The molecule has 2 aliphatic rings. The van der Waals surface area contributed by atoms with Gasteiger partial charge in [-0.05, 0) is 51.4 Å². The van der Waals surface area contributed by atoms with Crippen LogP contribution >= 0.6 is 0 Å². The number of ether oxygens (including phenoxy) is 1. The Morgan fingerprint density at radius 1 is 1.43 bits per heavy atom. The van der Waals surface area contributed by atoms with Crippen LogP contribution in [0.15, 0.2) is 12.2 Å². The molecule has 0 aromatic heterocycles. The van der Waals surface area contributed by atoms with Crippen molar-refractivity contribution in [2.45, 2.75) is 64.1 Å². The molecule has 1 saturated carbocycles. The summed E-state index contributed by atoms with van der Waals surface area (Å²) in [5.41, 5.74) is 1.57. The fraction of sp³-hybridized carbons (Fsp3) is 0.846. The predicted octanol–water partition coefficient (Wildman–Crippen LogP) is 3.69. The molecule has 14 heavy (non-hydrogen) atoms. The Balaban J connectivity index is 2.09. The first-order chi connectivity index (χ1) is 6.60. The van der Waals surface area contributed by atoms with Crippen LogP contribution in [0.2, 0.25) is 0 Å². The van der Waals surface area contributed by atoms with Crippen molar-refractivity contribution >= 4 is 0 Å². The first-order valence-corrected chi connectivity index (χ1v) is 5.94. The van der Waals surface area contributed by atoms with Crippen molar-refractivity contribution in [1.82, 2.24) is 0 Å². The molecule has 1 aliphatic carbocycles. The average Bonchev–Trinajstić information content (AvgIpc) is 1.99. The van der Waals surface area contributed by atoms with Crippen LogP contribution in [-0.4, -0.2) is 11.7 Å². The van der Waals surface area contributed by atoms with Crippen LogP contribution in [0.3, 0.4) is 0 Å². The molecule has 2 rings (SSSR count). The van der Waals surface area contributed by atoms with Gasteiger partial charge in [0.2, 0.25) is 0 Å². The smallest absolute Gasteiger partial charge is 0.0725 e. The molecule has 0 aromatic carbocycles. The molecule has 0 aromatic rings. The van der Waals surface area contributed by atoms with E-state index in [4.69, 9.17) is 4.74 Å². The van der Waals surface area contributed by atoms with Gasteiger partial charge in [-0.15, -0.1) is 0 Å². The quantitative estimate of drug-likeness (QED) is 0.534. The topological polar surface area (TPSA) is 9.23 Å². The van der Waals surface area contributed by atoms with Gasteiger partial charge in [0.25, 0.3) is 0 Å². The molecule has 0 bridgehead atoms. The van der Waals surface area contributed by atoms with E-state index in [9.17, 15) is 0 Å². The zero-order valence-corrected chi connectivity index (χ0v) is 9.51. The average molecular weight is 194 g/mol. The summed E-state index contributed by atoms with van der Waals surface area (Å²) in [5.74, 6) is 0.824. The van der Waals surface area contributed by atoms with Crippen molar-refractivity contribution in [3.8, 4) is 0 Å². The molecule has 1 heterocycles. The van der Waals surface area contributed by atoms with E-state index in [2.05, 4.69) is 20.4 Å². The number of rotatable bonds is 0. The molecule has 0 N–H and O–H groups in total. The van der Waals surface area contributed by atoms with Gasteiger partial charge in [0, 0.05) is 0 Å². The summed E-state index contributed by atoms with van der Waals surface area (Å²) in [4.78, 5) is 0. The summed E-state index contributed by atoms with van der Waals surface area (Å²) in [5, 5.41) is 0. The molecule has 1 aliphatic heterocycles. The minimum Gasteiger partial charge on any atom is -0.372 e. The third-order valence-electron chi connectivity index (χ3n) is 3.64. The molecule has 80 valence electrons. The van der Waals surface area contributed by atoms with Gasteiger partial charge in [-0.3, -0.25) is 0 Å². The SMILES string of the molecule is C=C1CCCC2(C1)CC(C)CC(C)O2. The Morgan fingerprint density at radius 3 is 2.86 bits per heavy atom. The predicted molar refractivity (Wildman–Crippen MR) is 59.3 cm³/mol. The van der Waals surface area contributed by atoms with Crippen molar-refractivity contribution in [2.75, 3.05) is 0 Å². The first-order valence-electron chi connectivity index (χ1n) is 5.94. The second kappa shape index (κ2) is 3.69. The molecular formula is C13H22O. The minimum atomic E-state index is 0.173. The van der Waals surface area contributed by atoms with Crippen LogP contribution in [0.25, 0.3) is 0 Å². The largest absolute Gasteiger partial charge is 0.372 e. The molecule has 1 spiro atoms. The van der Waals surface area contributed by atoms with Crippen LogP contribution in [0.4, 0.5) is 0 Å². The summed E-state index contributed by atoms with van der Waals surface area (Å²) in [6.45, 7) is 8.71. The summed E-state index contributed by atoms with van der Waals surface area (Å²) in [6.07, 6.45) is 7.78. The third kappa shape index (κ3) is 2.03. The monoisotopic (exact) mass is 194 g/mol. The molecule has 2 fully saturated rings. The number of hydrogen-bond acceptors (Lipinski definition) is 1. The van der Waals surface area contributed by atoms with Crippen molar-refractivity contribution in [1.29, 1.82) is 0 Å². The van der Waals surface area contributed by atoms with E-state index < -0.39 is 0 Å². The van der Waals surface area contributed by atoms with Gasteiger partial charge in [-0.1, -0.05) is 19.1 Å². The maximum Gasteiger partial charge on any atom is 0.0725 e. The number of hydrogen-bond donors (Lipinski definition) is 0. The van der Waals surface area contributed by atoms with Crippen molar-refractivity contribution in [3.05, 3.63) is 12.2 Å². The van der Waals surface area contributed by atoms with Crippen LogP contribution < -0.4 is 0 Å². The molecule has 3 unspecified atom stereocenters. The van der Waals surface area contributed by atoms with E-state index in [1.165, 1.54) is 37.7 Å². The van der Waals surface area contributed by atoms with Gasteiger partial charge in [0.05, 0.1) is 11.7 Å². The lowest BCUT2D eigenvalue weighted by Crippen LogP contribution is -2.44. The lowest BCUT2D eigenvalue weighted by Gasteiger charge is -2.46. The van der Waals surface area contributed by atoms with Crippen molar-refractivity contribution in [2.24, 2.45) is 5.92 Å². The molecule has 0 amide bonds. The standard InChI is InChI=1S/C13H22O/c1-10-5-4-6-13(8-10)9-11(2)7-12(3)14-13/h11-12H,1,4-9H2,2-3H3. The van der Waals surface area contributed by atoms with Gasteiger partial charge >= 0.3 is 0 Å². The highest BCUT2D eigenvalue weighted by atomic mass is 16.5. The second-order valence-electron chi connectivity index (χ2n) is 5.44. The first kappa shape index (κ1) is 10.2. The van der Waals surface area contributed by atoms with Gasteiger partial charge in [-0.2, -0.15) is 0 Å². The van der Waals surface area contributed by atoms with Gasteiger partial charge in [0.15, 0.2) is 0 Å². The Morgan fingerprint density at radius 2 is 2.21 bits per heavy atom. The molecule has 1 nitrogen and oxygen atoms in total. The van der Waals surface area contributed by atoms with E-state index in [0.717, 1.165) is 12.3 Å². The van der Waals surface area contributed by atoms with Crippen LogP contribution in [0, 0.1) is 5.92 Å². The summed E-state index contributed by atoms with van der Waals surface area (Å²) < 4.78 is 6.19. The highest BCUT2D eigenvalue weighted by Crippen LogP contribution is 2.43. The highest BCUT2D eigenvalue weighted by Gasteiger charge is 2.40. The second-order valence-corrected chi connectivity index (χ2v) is 5.44. The third-order valence-corrected chi connectivity index (χ3v) is 3.64. The fourth-order valence-electron chi connectivity index (χ4n) is 3.38. The summed E-state index contributed by atoms with van der Waals surface area (Å²) in [6, 6.07) is 0. The maximum atomic E-state index is 6.19. The normalized spacial score (nSPS) is 44.3. The van der Waals surface area contributed by atoms with E-state index in [1.54, 1.807) is 0 Å². The van der Waals surface area contributed by atoms with Crippen molar-refractivity contribution in [3.63, 3.8) is 0 Å². The maximum absolute atomic E-state index is 6.19. The van der Waals surface area contributed by atoms with Crippen LogP contribution in [0.1, 0.15) is 52.4 Å². The summed E-state index contributed by atoms with van der Waals surface area (Å²) >= 11 is 0. The zero-order valence-electron chi connectivity index (χ0n) is 9.51. The van der Waals surface area contributed by atoms with E-state index in [-0.39, 0.29) is 5.60 Å². The van der Waals surface area contributed by atoms with E-state index in [1.807, 2.05) is 0 Å². The molecule has 3 atom stereocenters. The van der Waals surface area contributed by atoms with Crippen LogP contribution in [0.5, 0.6) is 0 Å². The Bertz CT molecular complexity index is 221. The lowest BCUT2D eigenvalue weighted by atomic mass is 9.74. The lowest BCUT2D eigenvalue weighted by molar-refractivity contribution is -0.145. The van der Waals surface area contributed by atoms with E-state index in [0.29, 0.717) is 6.10 Å². The molecule has 0 radical (unpaired) electrons. The molecule has 1 saturated heterocycles.